The lowest BCUT2D eigenvalue weighted by Crippen LogP contribution is -1.91. The van der Waals surface area contributed by atoms with Crippen molar-refractivity contribution in [3.63, 3.8) is 0 Å². The molecule has 1 aromatic heterocycles. The first-order valence-electron chi connectivity index (χ1n) is 2.78. The van der Waals surface area contributed by atoms with Gasteiger partial charge in [-0.25, -0.2) is 0 Å². The molecule has 0 bridgehead atoms. The molecule has 7 heteroatoms. The molecule has 12 heavy (non-hydrogen) atoms. The highest BCUT2D eigenvalue weighted by Gasteiger charge is 2.16. The van der Waals surface area contributed by atoms with Crippen LogP contribution in [-0.4, -0.2) is 9.91 Å². The quantitative estimate of drug-likeness (QED) is 0.403. The highest BCUT2D eigenvalue weighted by atomic mass is 35.5. The summed E-state index contributed by atoms with van der Waals surface area (Å²) in [6, 6.07) is 1.08. The molecule has 0 radical (unpaired) electrons. The lowest BCUT2D eigenvalue weighted by Gasteiger charge is -1.92. The molecule has 0 unspecified atom stereocenters. The molecule has 0 aliphatic heterocycles. The van der Waals surface area contributed by atoms with Crippen molar-refractivity contribution >= 4 is 23.1 Å². The monoisotopic (exact) mass is 187 g/mol. The summed E-state index contributed by atoms with van der Waals surface area (Å²) in [7, 11) is 0. The Bertz CT molecular complexity index is 341. The Morgan fingerprint density at radius 3 is 2.83 bits per heavy atom. The number of aromatic nitrogens is 1. The molecule has 1 rings (SSSR count). The van der Waals surface area contributed by atoms with Crippen molar-refractivity contribution in [3.8, 4) is 0 Å². The molecule has 1 aromatic rings. The summed E-state index contributed by atoms with van der Waals surface area (Å²) in [6.07, 6.45) is 1.08. The van der Waals surface area contributed by atoms with Gasteiger partial charge in [-0.3, -0.25) is 0 Å². The average molecular weight is 188 g/mol. The van der Waals surface area contributed by atoms with Crippen molar-refractivity contribution in [1.82, 2.24) is 4.98 Å². The molecule has 62 valence electrons. The van der Waals surface area contributed by atoms with E-state index >= 15 is 0 Å². The average Bonchev–Trinajstić information content (AvgIpc) is 2.03. The van der Waals surface area contributed by atoms with Crippen LogP contribution in [0.3, 0.4) is 0 Å². The second kappa shape index (κ2) is 3.22. The van der Waals surface area contributed by atoms with Crippen LogP contribution < -0.4 is 0 Å². The Labute approximate surface area is 71.3 Å². The summed E-state index contributed by atoms with van der Waals surface area (Å²) in [6.45, 7) is 0. The SMILES string of the molecule is O=Nc1cc(Cl)cnc1[N+](=O)[O-]. The molecule has 0 N–H and O–H groups in total. The van der Waals surface area contributed by atoms with Crippen molar-refractivity contribution in [2.45, 2.75) is 0 Å². The molecule has 0 saturated carbocycles. The van der Waals surface area contributed by atoms with E-state index in [1.807, 2.05) is 0 Å². The smallest absolute Gasteiger partial charge is 0.358 e. The maximum atomic E-state index is 10.2. The zero-order valence-electron chi connectivity index (χ0n) is 5.60. The predicted octanol–water partition coefficient (Wildman–Crippen LogP) is 2.04. The fourth-order valence-corrected chi connectivity index (χ4v) is 0.781. The van der Waals surface area contributed by atoms with Gasteiger partial charge < -0.3 is 10.1 Å². The minimum Gasteiger partial charge on any atom is -0.358 e. The number of halogens is 1. The van der Waals surface area contributed by atoms with Gasteiger partial charge in [0.05, 0.1) is 5.02 Å². The molecule has 0 amide bonds. The Kier molecular flexibility index (Phi) is 2.29. The van der Waals surface area contributed by atoms with E-state index in [-0.39, 0.29) is 10.7 Å². The molecule has 0 atom stereocenters. The fourth-order valence-electron chi connectivity index (χ4n) is 0.629. The first-order chi connectivity index (χ1) is 5.65. The largest absolute Gasteiger partial charge is 0.393 e. The number of nitroso groups, excluding NO2 is 1. The fraction of sp³-hybridized carbons (Fsp3) is 0. The molecule has 6 nitrogen and oxygen atoms in total. The molecule has 0 aromatic carbocycles. The number of pyridine rings is 1. The summed E-state index contributed by atoms with van der Waals surface area (Å²) >= 11 is 5.42. The molecule has 1 heterocycles. The van der Waals surface area contributed by atoms with E-state index in [0.29, 0.717) is 0 Å². The lowest BCUT2D eigenvalue weighted by atomic mass is 10.4. The van der Waals surface area contributed by atoms with Crippen molar-refractivity contribution in [2.24, 2.45) is 5.18 Å². The summed E-state index contributed by atoms with van der Waals surface area (Å²) in [5.74, 6) is -0.589. The predicted molar refractivity (Wildman–Crippen MR) is 41.4 cm³/mol. The van der Waals surface area contributed by atoms with Gasteiger partial charge in [0.1, 0.15) is 0 Å². The summed E-state index contributed by atoms with van der Waals surface area (Å²) < 4.78 is 0. The van der Waals surface area contributed by atoms with Crippen molar-refractivity contribution in [1.29, 1.82) is 0 Å². The molecular weight excluding hydrogens is 186 g/mol. The van der Waals surface area contributed by atoms with E-state index < -0.39 is 10.7 Å². The van der Waals surface area contributed by atoms with E-state index in [4.69, 9.17) is 11.6 Å². The number of hydrogen-bond donors (Lipinski definition) is 0. The third-order valence-corrected chi connectivity index (χ3v) is 1.29. The minimum atomic E-state index is -0.799. The van der Waals surface area contributed by atoms with Gasteiger partial charge in [-0.2, -0.15) is 0 Å². The van der Waals surface area contributed by atoms with Crippen molar-refractivity contribution in [3.05, 3.63) is 32.3 Å². The molecule has 0 aliphatic rings. The van der Waals surface area contributed by atoms with Gasteiger partial charge in [0.2, 0.25) is 5.69 Å². The summed E-state index contributed by atoms with van der Waals surface area (Å²) in [5.41, 5.74) is -0.368. The van der Waals surface area contributed by atoms with Gasteiger partial charge in [0, 0.05) is 0 Å². The van der Waals surface area contributed by atoms with Crippen molar-refractivity contribution in [2.75, 3.05) is 0 Å². The van der Waals surface area contributed by atoms with Crippen molar-refractivity contribution < 1.29 is 4.92 Å². The van der Waals surface area contributed by atoms with E-state index in [1.165, 1.54) is 0 Å². The zero-order valence-corrected chi connectivity index (χ0v) is 6.35. The van der Waals surface area contributed by atoms with Gasteiger partial charge in [-0.1, -0.05) is 11.6 Å². The van der Waals surface area contributed by atoms with E-state index in [1.54, 1.807) is 0 Å². The summed E-state index contributed by atoms with van der Waals surface area (Å²) in [5, 5.41) is 12.7. The van der Waals surface area contributed by atoms with Gasteiger partial charge in [-0.05, 0) is 21.2 Å². The Morgan fingerprint density at radius 2 is 2.33 bits per heavy atom. The van der Waals surface area contributed by atoms with Gasteiger partial charge in [0.15, 0.2) is 6.20 Å². The lowest BCUT2D eigenvalue weighted by molar-refractivity contribution is -0.388. The second-order valence-corrected chi connectivity index (χ2v) is 2.28. The Balaban J connectivity index is 3.29. The van der Waals surface area contributed by atoms with Crippen LogP contribution in [0.25, 0.3) is 0 Å². The van der Waals surface area contributed by atoms with Crippen LogP contribution in [0.1, 0.15) is 0 Å². The molecule has 0 fully saturated rings. The van der Waals surface area contributed by atoms with Gasteiger partial charge in [-0.15, -0.1) is 4.91 Å². The van der Waals surface area contributed by atoms with Crippen LogP contribution in [0, 0.1) is 15.0 Å². The van der Waals surface area contributed by atoms with E-state index in [0.717, 1.165) is 12.3 Å². The molecular formula is C5H2ClN3O3. The maximum absolute atomic E-state index is 10.2. The third kappa shape index (κ3) is 1.54. The maximum Gasteiger partial charge on any atom is 0.393 e. The second-order valence-electron chi connectivity index (χ2n) is 1.84. The van der Waals surface area contributed by atoms with Crippen LogP contribution in [0.15, 0.2) is 17.4 Å². The number of nitro groups is 1. The number of hydrogen-bond acceptors (Lipinski definition) is 5. The van der Waals surface area contributed by atoms with Gasteiger partial charge in [0.25, 0.3) is 0 Å². The first-order valence-corrected chi connectivity index (χ1v) is 3.16. The highest BCUT2D eigenvalue weighted by Crippen LogP contribution is 2.26. The molecule has 0 spiro atoms. The normalized spacial score (nSPS) is 9.42. The topological polar surface area (TPSA) is 85.5 Å². The van der Waals surface area contributed by atoms with Crippen LogP contribution in [0.2, 0.25) is 5.02 Å². The van der Waals surface area contributed by atoms with Crippen LogP contribution >= 0.6 is 11.6 Å². The van der Waals surface area contributed by atoms with Crippen LogP contribution in [0.5, 0.6) is 0 Å². The van der Waals surface area contributed by atoms with Crippen LogP contribution in [0.4, 0.5) is 11.5 Å². The molecule has 0 aliphatic carbocycles. The van der Waals surface area contributed by atoms with Crippen LogP contribution in [-0.2, 0) is 0 Å². The summed E-state index contributed by atoms with van der Waals surface area (Å²) in [4.78, 5) is 22.7. The highest BCUT2D eigenvalue weighted by molar-refractivity contribution is 6.30. The van der Waals surface area contributed by atoms with E-state index in [9.17, 15) is 15.0 Å². The van der Waals surface area contributed by atoms with E-state index in [2.05, 4.69) is 10.2 Å². The Hall–Kier alpha value is -1.56. The van der Waals surface area contributed by atoms with Gasteiger partial charge >= 0.3 is 5.82 Å². The first kappa shape index (κ1) is 8.54. The Morgan fingerprint density at radius 1 is 1.67 bits per heavy atom. The third-order valence-electron chi connectivity index (χ3n) is 1.09. The minimum absolute atomic E-state index is 0.134. The molecule has 0 saturated heterocycles. The standard InChI is InChI=1S/C5H2ClN3O3/c6-3-1-4(8-10)5(7-2-3)9(11)12/h1-2H. The number of nitrogens with zero attached hydrogens (tertiary/aromatic N) is 3. The zero-order chi connectivity index (χ0) is 9.14. The number of rotatable bonds is 2.